The Morgan fingerprint density at radius 2 is 1.83 bits per heavy atom. The van der Waals surface area contributed by atoms with Crippen molar-refractivity contribution in [2.24, 2.45) is 5.92 Å². The predicted molar refractivity (Wildman–Crippen MR) is 191 cm³/mol. The number of ether oxygens (including phenoxy) is 1. The van der Waals surface area contributed by atoms with Gasteiger partial charge in [0, 0.05) is 23.3 Å². The van der Waals surface area contributed by atoms with Crippen LogP contribution >= 0.6 is 0 Å². The number of fused-ring (bicyclic) bond motifs is 5. The molecule has 4 heterocycles. The molecule has 5 aliphatic rings. The molecule has 0 radical (unpaired) electrons. The van der Waals surface area contributed by atoms with Crippen LogP contribution < -0.4 is 20.1 Å². The number of amides is 4. The van der Waals surface area contributed by atoms with Crippen molar-refractivity contribution in [3.63, 3.8) is 0 Å². The Hall–Kier alpha value is -4.21. The summed E-state index contributed by atoms with van der Waals surface area (Å²) in [4.78, 5) is 61.8. The van der Waals surface area contributed by atoms with Crippen LogP contribution in [0.25, 0.3) is 10.9 Å². The van der Waals surface area contributed by atoms with Crippen molar-refractivity contribution < 1.29 is 45.5 Å². The number of allylic oxidation sites excluding steroid dienone is 1. The zero-order valence-electron chi connectivity index (χ0n) is 30.4. The Morgan fingerprint density at radius 3 is 2.54 bits per heavy atom. The number of pyridine rings is 1. The number of carbonyl (C=O) groups is 4. The van der Waals surface area contributed by atoms with Crippen LogP contribution in [0.3, 0.4) is 0 Å². The summed E-state index contributed by atoms with van der Waals surface area (Å²) in [6.07, 6.45) is 1.79. The molecule has 1 spiro atoms. The highest BCUT2D eigenvalue weighted by molar-refractivity contribution is 7.91. The summed E-state index contributed by atoms with van der Waals surface area (Å²) in [6, 6.07) is 5.03. The van der Waals surface area contributed by atoms with E-state index in [4.69, 9.17) is 9.72 Å². The fraction of sp³-hybridized carbons (Fsp3) is 0.605. The molecule has 2 aromatic rings. The molecule has 16 heteroatoms. The van der Waals surface area contributed by atoms with Crippen LogP contribution in [0.5, 0.6) is 5.75 Å². The molecule has 3 aliphatic heterocycles. The third kappa shape index (κ3) is 7.17. The summed E-state index contributed by atoms with van der Waals surface area (Å²) in [7, 11) is -4.06. The number of nitrogens with one attached hydrogen (secondary N) is 3. The molecule has 1 aromatic carbocycles. The van der Waals surface area contributed by atoms with Crippen LogP contribution in [-0.2, 0) is 35.6 Å². The minimum atomic E-state index is -4.79. The number of sulfonamides is 1. The van der Waals surface area contributed by atoms with E-state index in [9.17, 15) is 40.8 Å². The lowest BCUT2D eigenvalue weighted by atomic mass is 9.65. The maximum Gasteiger partial charge on any atom is 0.397 e. The van der Waals surface area contributed by atoms with E-state index < -0.39 is 80.1 Å². The molecule has 0 bridgehead atoms. The molecular formula is C38H46F3N5O7S. The summed E-state index contributed by atoms with van der Waals surface area (Å²) in [5.41, 5.74) is -0.387. The van der Waals surface area contributed by atoms with Gasteiger partial charge in [0.2, 0.25) is 27.7 Å². The van der Waals surface area contributed by atoms with Crippen molar-refractivity contribution in [3.8, 4) is 5.75 Å². The van der Waals surface area contributed by atoms with Crippen LogP contribution in [0.4, 0.5) is 13.2 Å². The van der Waals surface area contributed by atoms with E-state index in [1.807, 2.05) is 43.3 Å². The maximum atomic E-state index is 14.6. The van der Waals surface area contributed by atoms with Crippen molar-refractivity contribution in [1.29, 1.82) is 0 Å². The minimum Gasteiger partial charge on any atom is -0.483 e. The Kier molecular flexibility index (Phi) is 9.75. The third-order valence-electron chi connectivity index (χ3n) is 12.0. The van der Waals surface area contributed by atoms with E-state index in [0.717, 1.165) is 16.5 Å². The second kappa shape index (κ2) is 13.8. The average Bonchev–Trinajstić information content (AvgIpc) is 3.76. The average molecular weight is 774 g/mol. The fourth-order valence-corrected chi connectivity index (χ4v) is 9.75. The first-order valence-corrected chi connectivity index (χ1v) is 20.2. The monoisotopic (exact) mass is 773 g/mol. The van der Waals surface area contributed by atoms with Gasteiger partial charge in [-0.3, -0.25) is 23.9 Å². The Bertz CT molecular complexity index is 2020. The van der Waals surface area contributed by atoms with Gasteiger partial charge in [0.15, 0.2) is 0 Å². The number of halogens is 3. The van der Waals surface area contributed by atoms with E-state index in [1.54, 1.807) is 6.92 Å². The zero-order valence-corrected chi connectivity index (χ0v) is 31.2. The number of benzene rings is 1. The second-order valence-corrected chi connectivity index (χ2v) is 18.2. The predicted octanol–water partition coefficient (Wildman–Crippen LogP) is 4.43. The van der Waals surface area contributed by atoms with E-state index in [1.165, 1.54) is 4.90 Å². The number of para-hydroxylation sites is 1. The number of aromatic nitrogens is 1. The standard InChI is InChI=1S/C38H46F3N5O7S/c1-23-31-26(25-11-8-9-12-27(25)42-23)15-16-36(53-31)20-29-32(48)44-37(34(50)45-54(51,52)35(2)18-19-35)17-14-24(37)10-6-4-3-5-7-13-28(33(49)46(29)22-36)43-30(47)21-38(39,40)41/h6,8-12,24,28-29H,3-5,7,13-22H2,1-2H3,(H,43,47)(H,44,48)(H,45,50)/b10-6-/t24-,28-,29+,36-,37-/m1/s1. The van der Waals surface area contributed by atoms with E-state index >= 15 is 0 Å². The molecule has 4 amide bonds. The maximum absolute atomic E-state index is 14.6. The molecule has 12 nitrogen and oxygen atoms in total. The van der Waals surface area contributed by atoms with Crippen molar-refractivity contribution >= 4 is 44.6 Å². The molecule has 3 N–H and O–H groups in total. The van der Waals surface area contributed by atoms with Gasteiger partial charge in [-0.05, 0) is 77.7 Å². The van der Waals surface area contributed by atoms with Crippen LogP contribution in [0.15, 0.2) is 36.4 Å². The van der Waals surface area contributed by atoms with Crippen LogP contribution in [0.1, 0.15) is 95.2 Å². The van der Waals surface area contributed by atoms with Crippen molar-refractivity contribution in [3.05, 3.63) is 47.7 Å². The van der Waals surface area contributed by atoms with E-state index in [-0.39, 0.29) is 25.8 Å². The highest BCUT2D eigenvalue weighted by Gasteiger charge is 2.59. The number of carbonyl (C=O) groups excluding carboxylic acids is 4. The van der Waals surface area contributed by atoms with Gasteiger partial charge in [0.05, 0.1) is 22.5 Å². The van der Waals surface area contributed by atoms with Gasteiger partial charge in [-0.1, -0.05) is 43.2 Å². The van der Waals surface area contributed by atoms with Gasteiger partial charge >= 0.3 is 6.18 Å². The quantitative estimate of drug-likeness (QED) is 0.376. The molecule has 2 aliphatic carbocycles. The Labute approximate surface area is 312 Å². The summed E-state index contributed by atoms with van der Waals surface area (Å²) in [5, 5.41) is 6.10. The highest BCUT2D eigenvalue weighted by Crippen LogP contribution is 2.47. The van der Waals surface area contributed by atoms with Crippen molar-refractivity contribution in [1.82, 2.24) is 25.2 Å². The molecule has 54 heavy (non-hydrogen) atoms. The lowest BCUT2D eigenvalue weighted by Gasteiger charge is -2.48. The van der Waals surface area contributed by atoms with Gasteiger partial charge in [0.25, 0.3) is 5.91 Å². The number of rotatable bonds is 5. The number of alkyl halides is 3. The summed E-state index contributed by atoms with van der Waals surface area (Å²) >= 11 is 0. The van der Waals surface area contributed by atoms with E-state index in [2.05, 4.69) is 15.4 Å². The number of nitrogens with zero attached hydrogens (tertiary/aromatic N) is 2. The molecule has 2 saturated carbocycles. The third-order valence-corrected chi connectivity index (χ3v) is 14.2. The van der Waals surface area contributed by atoms with E-state index in [0.29, 0.717) is 69.2 Å². The Balaban J connectivity index is 1.25. The minimum absolute atomic E-state index is 0.0198. The summed E-state index contributed by atoms with van der Waals surface area (Å²) < 4.78 is 74.1. The van der Waals surface area contributed by atoms with Crippen LogP contribution in [0.2, 0.25) is 0 Å². The number of aryl methyl sites for hydroxylation is 2. The Morgan fingerprint density at radius 1 is 1.07 bits per heavy atom. The fourth-order valence-electron chi connectivity index (χ4n) is 8.44. The smallest absolute Gasteiger partial charge is 0.397 e. The molecule has 0 unspecified atom stereocenters. The van der Waals surface area contributed by atoms with Gasteiger partial charge in [-0.2, -0.15) is 13.2 Å². The molecule has 1 aromatic heterocycles. The second-order valence-electron chi connectivity index (χ2n) is 16.0. The lowest BCUT2D eigenvalue weighted by Crippen LogP contribution is -2.70. The first-order valence-electron chi connectivity index (χ1n) is 18.7. The molecule has 7 rings (SSSR count). The highest BCUT2D eigenvalue weighted by atomic mass is 32.2. The zero-order chi connectivity index (χ0) is 38.7. The van der Waals surface area contributed by atoms with Crippen molar-refractivity contribution in [2.45, 2.75) is 131 Å². The topological polar surface area (TPSA) is 164 Å². The normalized spacial score (nSPS) is 30.3. The first-order chi connectivity index (χ1) is 25.4. The summed E-state index contributed by atoms with van der Waals surface area (Å²) in [6.45, 7) is 3.25. The van der Waals surface area contributed by atoms with Gasteiger partial charge in [0.1, 0.15) is 35.4 Å². The molecule has 3 fully saturated rings. The molecular weight excluding hydrogens is 728 g/mol. The van der Waals surface area contributed by atoms with Crippen molar-refractivity contribution in [2.75, 3.05) is 6.54 Å². The van der Waals surface area contributed by atoms with Gasteiger partial charge in [-0.25, -0.2) is 13.4 Å². The molecule has 292 valence electrons. The molecule has 5 atom stereocenters. The first kappa shape index (κ1) is 38.1. The number of hydrogen-bond acceptors (Lipinski definition) is 8. The van der Waals surface area contributed by atoms with Gasteiger partial charge in [-0.15, -0.1) is 0 Å². The SMILES string of the molecule is Cc1nc2ccccc2c2c1O[C@]1(CC2)C[C@H]2C(=O)N[C@]3(C(=O)NS(=O)(=O)C4(C)CC4)CC[C@H]3/C=C\CCCCC[C@@H](NC(=O)CC(F)(F)F)C(=O)N2C1. The largest absolute Gasteiger partial charge is 0.483 e. The molecule has 1 saturated heterocycles. The number of hydrogen-bond donors (Lipinski definition) is 3. The lowest BCUT2D eigenvalue weighted by molar-refractivity contribution is -0.156. The summed E-state index contributed by atoms with van der Waals surface area (Å²) in [5.74, 6) is -3.65. The van der Waals surface area contributed by atoms with Gasteiger partial charge < -0.3 is 20.3 Å². The van der Waals surface area contributed by atoms with Crippen LogP contribution in [-0.4, -0.2) is 82.6 Å². The van der Waals surface area contributed by atoms with Crippen LogP contribution in [0, 0.1) is 12.8 Å².